The average Bonchev–Trinajstić information content (AvgIpc) is 3.40. The molecule has 0 bridgehead atoms. The van der Waals surface area contributed by atoms with Crippen LogP contribution in [-0.2, 0) is 13.6 Å². The minimum Gasteiger partial charge on any atom is -0.495 e. The topological polar surface area (TPSA) is 102 Å². The van der Waals surface area contributed by atoms with E-state index in [4.69, 9.17) is 14.8 Å². The molecular weight excluding hydrogens is 446 g/mol. The minimum absolute atomic E-state index is 0.108. The quantitative estimate of drug-likeness (QED) is 0.453. The summed E-state index contributed by atoms with van der Waals surface area (Å²) in [7, 11) is 3.66. The number of methoxy groups -OCH3 is 1. The number of carbonyl (C=O) groups is 2. The lowest BCUT2D eigenvalue weighted by Crippen LogP contribution is -2.49. The molecule has 1 fully saturated rings. The molecule has 35 heavy (non-hydrogen) atoms. The van der Waals surface area contributed by atoms with Crippen molar-refractivity contribution in [2.24, 2.45) is 7.05 Å². The fraction of sp³-hybridized carbons (Fsp3) is 0.346. The maximum absolute atomic E-state index is 13.2. The van der Waals surface area contributed by atoms with Crippen LogP contribution in [0.5, 0.6) is 5.75 Å². The van der Waals surface area contributed by atoms with Crippen molar-refractivity contribution >= 4 is 33.9 Å². The van der Waals surface area contributed by atoms with Gasteiger partial charge in [0.2, 0.25) is 0 Å². The first-order chi connectivity index (χ1) is 16.9. The van der Waals surface area contributed by atoms with Crippen LogP contribution in [0.3, 0.4) is 0 Å². The Hall–Kier alpha value is -4.01. The fourth-order valence-corrected chi connectivity index (χ4v) is 5.17. The number of ether oxygens (including phenoxy) is 1. The van der Waals surface area contributed by atoms with Crippen LogP contribution in [0, 0.1) is 0 Å². The molecule has 5 rings (SSSR count). The van der Waals surface area contributed by atoms with E-state index in [0.29, 0.717) is 18.7 Å². The SMILES string of the molecule is CCn1c(-c2nc3cc(C(=O)N4CCCC(NC(=O)O)C4)ccc3n2C)cc2cccc(OC)c21. The van der Waals surface area contributed by atoms with Gasteiger partial charge in [-0.15, -0.1) is 0 Å². The van der Waals surface area contributed by atoms with Gasteiger partial charge in [0.25, 0.3) is 5.91 Å². The highest BCUT2D eigenvalue weighted by molar-refractivity contribution is 5.98. The summed E-state index contributed by atoms with van der Waals surface area (Å²) in [5, 5.41) is 12.6. The maximum atomic E-state index is 13.2. The highest BCUT2D eigenvalue weighted by atomic mass is 16.5. The smallest absolute Gasteiger partial charge is 0.404 e. The van der Waals surface area contributed by atoms with Crippen molar-refractivity contribution in [2.75, 3.05) is 20.2 Å². The van der Waals surface area contributed by atoms with Gasteiger partial charge < -0.3 is 29.2 Å². The third-order valence-corrected chi connectivity index (χ3v) is 6.81. The number of carboxylic acid groups (broad SMARTS) is 1. The Bertz CT molecular complexity index is 1440. The molecule has 9 nitrogen and oxygen atoms in total. The molecule has 3 heterocycles. The second-order valence-corrected chi connectivity index (χ2v) is 8.91. The molecule has 0 saturated carbocycles. The zero-order chi connectivity index (χ0) is 24.7. The van der Waals surface area contributed by atoms with E-state index in [9.17, 15) is 9.59 Å². The van der Waals surface area contributed by atoms with Crippen LogP contribution in [0.4, 0.5) is 4.79 Å². The monoisotopic (exact) mass is 475 g/mol. The van der Waals surface area contributed by atoms with E-state index in [0.717, 1.165) is 58.6 Å². The van der Waals surface area contributed by atoms with Crippen molar-refractivity contribution < 1.29 is 19.4 Å². The number of carbonyl (C=O) groups excluding carboxylic acids is 1. The maximum Gasteiger partial charge on any atom is 0.404 e. The Kier molecular flexibility index (Phi) is 5.84. The van der Waals surface area contributed by atoms with Gasteiger partial charge in [0, 0.05) is 43.7 Å². The minimum atomic E-state index is -1.06. The van der Waals surface area contributed by atoms with E-state index in [1.807, 2.05) is 41.9 Å². The number of likely N-dealkylation sites (tertiary alicyclic amines) is 1. The lowest BCUT2D eigenvalue weighted by Gasteiger charge is -2.32. The zero-order valence-corrected chi connectivity index (χ0v) is 20.1. The molecule has 0 spiro atoms. The lowest BCUT2D eigenvalue weighted by molar-refractivity contribution is 0.0692. The first-order valence-corrected chi connectivity index (χ1v) is 11.8. The summed E-state index contributed by atoms with van der Waals surface area (Å²) < 4.78 is 9.85. The number of nitrogens with zero attached hydrogens (tertiary/aromatic N) is 4. The molecule has 2 aromatic carbocycles. The Morgan fingerprint density at radius 1 is 1.23 bits per heavy atom. The van der Waals surface area contributed by atoms with Crippen LogP contribution in [0.15, 0.2) is 42.5 Å². The van der Waals surface area contributed by atoms with Gasteiger partial charge in [0.1, 0.15) is 5.75 Å². The number of para-hydroxylation sites is 1. The molecular formula is C26H29N5O4. The van der Waals surface area contributed by atoms with Crippen molar-refractivity contribution in [1.82, 2.24) is 24.3 Å². The van der Waals surface area contributed by atoms with Gasteiger partial charge in [-0.3, -0.25) is 4.79 Å². The molecule has 2 amide bonds. The fourth-order valence-electron chi connectivity index (χ4n) is 5.17. The summed E-state index contributed by atoms with van der Waals surface area (Å²) >= 11 is 0. The van der Waals surface area contributed by atoms with Crippen LogP contribution < -0.4 is 10.1 Å². The third kappa shape index (κ3) is 3.96. The van der Waals surface area contributed by atoms with Crippen LogP contribution >= 0.6 is 0 Å². The lowest BCUT2D eigenvalue weighted by atomic mass is 10.0. The molecule has 1 saturated heterocycles. The second-order valence-electron chi connectivity index (χ2n) is 8.91. The second kappa shape index (κ2) is 8.98. The molecule has 2 N–H and O–H groups in total. The first-order valence-electron chi connectivity index (χ1n) is 11.8. The van der Waals surface area contributed by atoms with E-state index in [-0.39, 0.29) is 11.9 Å². The molecule has 0 radical (unpaired) electrons. The summed E-state index contributed by atoms with van der Waals surface area (Å²) in [4.78, 5) is 30.9. The van der Waals surface area contributed by atoms with Gasteiger partial charge >= 0.3 is 6.09 Å². The van der Waals surface area contributed by atoms with Crippen molar-refractivity contribution in [3.05, 3.63) is 48.0 Å². The summed E-state index contributed by atoms with van der Waals surface area (Å²) in [6, 6.07) is 13.5. The average molecular weight is 476 g/mol. The zero-order valence-electron chi connectivity index (χ0n) is 20.1. The van der Waals surface area contributed by atoms with Gasteiger partial charge in [-0.2, -0.15) is 0 Å². The van der Waals surface area contributed by atoms with Gasteiger partial charge in [-0.05, 0) is 50.1 Å². The van der Waals surface area contributed by atoms with Gasteiger partial charge in [0.05, 0.1) is 29.4 Å². The number of fused-ring (bicyclic) bond motifs is 2. The third-order valence-electron chi connectivity index (χ3n) is 6.81. The number of piperidine rings is 1. The molecule has 1 atom stereocenters. The normalized spacial score (nSPS) is 16.1. The molecule has 2 aromatic heterocycles. The van der Waals surface area contributed by atoms with Crippen LogP contribution in [0.1, 0.15) is 30.1 Å². The number of rotatable bonds is 5. The molecule has 0 aliphatic carbocycles. The Morgan fingerprint density at radius 2 is 2.06 bits per heavy atom. The van der Waals surface area contributed by atoms with Crippen LogP contribution in [0.2, 0.25) is 0 Å². The summed E-state index contributed by atoms with van der Waals surface area (Å²) in [6.07, 6.45) is 0.431. The molecule has 182 valence electrons. The summed E-state index contributed by atoms with van der Waals surface area (Å²) in [5.41, 5.74) is 4.24. The van der Waals surface area contributed by atoms with Crippen molar-refractivity contribution in [1.29, 1.82) is 0 Å². The van der Waals surface area contributed by atoms with E-state index in [1.165, 1.54) is 0 Å². The number of amides is 2. The van der Waals surface area contributed by atoms with E-state index >= 15 is 0 Å². The van der Waals surface area contributed by atoms with Crippen molar-refractivity contribution in [3.8, 4) is 17.3 Å². The molecule has 1 unspecified atom stereocenters. The van der Waals surface area contributed by atoms with Gasteiger partial charge in [0.15, 0.2) is 5.82 Å². The highest BCUT2D eigenvalue weighted by Crippen LogP contribution is 2.34. The molecule has 1 aliphatic heterocycles. The summed E-state index contributed by atoms with van der Waals surface area (Å²) in [6.45, 7) is 3.84. The number of nitrogens with one attached hydrogen (secondary N) is 1. The Labute approximate surface area is 202 Å². The number of imidazole rings is 1. The van der Waals surface area contributed by atoms with Crippen LogP contribution in [-0.4, -0.2) is 62.4 Å². The molecule has 9 heteroatoms. The highest BCUT2D eigenvalue weighted by Gasteiger charge is 2.26. The predicted molar refractivity (Wildman–Crippen MR) is 134 cm³/mol. The van der Waals surface area contributed by atoms with Crippen molar-refractivity contribution in [3.63, 3.8) is 0 Å². The number of aryl methyl sites for hydroxylation is 2. The predicted octanol–water partition coefficient (Wildman–Crippen LogP) is 4.10. The van der Waals surface area contributed by atoms with Gasteiger partial charge in [-0.25, -0.2) is 9.78 Å². The number of benzene rings is 2. The van der Waals surface area contributed by atoms with E-state index in [2.05, 4.69) is 28.9 Å². The Balaban J connectivity index is 1.51. The molecule has 4 aromatic rings. The number of hydrogen-bond acceptors (Lipinski definition) is 4. The van der Waals surface area contributed by atoms with Crippen molar-refractivity contribution in [2.45, 2.75) is 32.4 Å². The van der Waals surface area contributed by atoms with E-state index in [1.54, 1.807) is 12.0 Å². The van der Waals surface area contributed by atoms with Gasteiger partial charge in [-0.1, -0.05) is 12.1 Å². The van der Waals surface area contributed by atoms with Crippen LogP contribution in [0.25, 0.3) is 33.5 Å². The first kappa shape index (κ1) is 22.8. The van der Waals surface area contributed by atoms with E-state index < -0.39 is 6.09 Å². The standard InChI is InChI=1S/C26H29N5O4/c1-4-31-21(14-16-7-5-9-22(35-3)23(16)31)24-28-19-13-17(10-11-20(19)29(24)2)25(32)30-12-6-8-18(15-30)27-26(33)34/h5,7,9-11,13-14,18,27H,4,6,8,12,15H2,1-3H3,(H,33,34). The molecule has 1 aliphatic rings. The number of hydrogen-bond donors (Lipinski definition) is 2. The summed E-state index contributed by atoms with van der Waals surface area (Å²) in [5.74, 6) is 1.52. The largest absolute Gasteiger partial charge is 0.495 e. The number of aromatic nitrogens is 3. The Morgan fingerprint density at radius 3 is 2.80 bits per heavy atom.